The van der Waals surface area contributed by atoms with E-state index in [1.54, 1.807) is 20.8 Å². The molecule has 2 fully saturated rings. The molecule has 18 heavy (non-hydrogen) atoms. The first-order valence-electron chi connectivity index (χ1n) is 6.44. The zero-order valence-electron chi connectivity index (χ0n) is 11.2. The number of ether oxygens (including phenoxy) is 1. The first kappa shape index (κ1) is 13.2. The van der Waals surface area contributed by atoms with Crippen LogP contribution in [0.25, 0.3) is 0 Å². The molecule has 0 heterocycles. The molecule has 1 spiro atoms. The molecule has 2 saturated carbocycles. The summed E-state index contributed by atoms with van der Waals surface area (Å²) in [6, 6.07) is -0.829. The Labute approximate surface area is 107 Å². The number of carboxylic acid groups (broad SMARTS) is 1. The molecule has 102 valence electrons. The minimum atomic E-state index is -0.983. The largest absolute Gasteiger partial charge is 0.480 e. The van der Waals surface area contributed by atoms with Crippen molar-refractivity contribution in [2.75, 3.05) is 0 Å². The molecule has 2 aliphatic rings. The van der Waals surface area contributed by atoms with Gasteiger partial charge in [0.1, 0.15) is 11.6 Å². The average molecular weight is 255 g/mol. The summed E-state index contributed by atoms with van der Waals surface area (Å²) in [7, 11) is 0. The summed E-state index contributed by atoms with van der Waals surface area (Å²) in [6.45, 7) is 5.26. The van der Waals surface area contributed by atoms with Gasteiger partial charge >= 0.3 is 12.1 Å². The molecule has 0 radical (unpaired) electrons. The molecule has 5 nitrogen and oxygen atoms in total. The van der Waals surface area contributed by atoms with Gasteiger partial charge in [-0.25, -0.2) is 9.59 Å². The first-order chi connectivity index (χ1) is 8.22. The smallest absolute Gasteiger partial charge is 0.408 e. The molecule has 2 unspecified atom stereocenters. The van der Waals surface area contributed by atoms with Gasteiger partial charge in [0.25, 0.3) is 0 Å². The van der Waals surface area contributed by atoms with Crippen molar-refractivity contribution in [2.24, 2.45) is 11.3 Å². The molecule has 2 N–H and O–H groups in total. The zero-order valence-corrected chi connectivity index (χ0v) is 11.2. The van der Waals surface area contributed by atoms with E-state index in [4.69, 9.17) is 9.84 Å². The van der Waals surface area contributed by atoms with Crippen LogP contribution in [0, 0.1) is 11.3 Å². The Morgan fingerprint density at radius 1 is 1.44 bits per heavy atom. The Morgan fingerprint density at radius 2 is 2.06 bits per heavy atom. The number of carboxylic acids is 1. The predicted molar refractivity (Wildman–Crippen MR) is 65.2 cm³/mol. The van der Waals surface area contributed by atoms with E-state index in [2.05, 4.69) is 5.32 Å². The Bertz CT molecular complexity index is 368. The minimum Gasteiger partial charge on any atom is -0.480 e. The van der Waals surface area contributed by atoms with Gasteiger partial charge in [0.15, 0.2) is 0 Å². The third-order valence-electron chi connectivity index (χ3n) is 3.76. The molecule has 2 rings (SSSR count). The Kier molecular flexibility index (Phi) is 3.03. The SMILES string of the molecule is CC(C)(C)OC(=O)NC(CC1CC12CC2)C(=O)O. The van der Waals surface area contributed by atoms with Crippen molar-refractivity contribution >= 4 is 12.1 Å². The van der Waals surface area contributed by atoms with E-state index >= 15 is 0 Å². The highest BCUT2D eigenvalue weighted by atomic mass is 16.6. The highest BCUT2D eigenvalue weighted by molar-refractivity contribution is 5.80. The fourth-order valence-corrected chi connectivity index (χ4v) is 2.49. The lowest BCUT2D eigenvalue weighted by Crippen LogP contribution is -2.43. The number of rotatable bonds is 4. The van der Waals surface area contributed by atoms with Gasteiger partial charge in [0, 0.05) is 0 Å². The maximum Gasteiger partial charge on any atom is 0.408 e. The normalized spacial score (nSPS) is 25.4. The molecule has 0 saturated heterocycles. The summed E-state index contributed by atoms with van der Waals surface area (Å²) >= 11 is 0. The van der Waals surface area contributed by atoms with Crippen LogP contribution >= 0.6 is 0 Å². The quantitative estimate of drug-likeness (QED) is 0.807. The fraction of sp³-hybridized carbons (Fsp3) is 0.846. The van der Waals surface area contributed by atoms with Crippen molar-refractivity contribution in [1.82, 2.24) is 5.32 Å². The summed E-state index contributed by atoms with van der Waals surface area (Å²) in [5.74, 6) is -0.517. The molecule has 5 heteroatoms. The Balaban J connectivity index is 1.82. The Hall–Kier alpha value is -1.26. The van der Waals surface area contributed by atoms with Crippen molar-refractivity contribution in [3.63, 3.8) is 0 Å². The van der Waals surface area contributed by atoms with Crippen LogP contribution in [0.3, 0.4) is 0 Å². The fourth-order valence-electron chi connectivity index (χ4n) is 2.49. The topological polar surface area (TPSA) is 75.6 Å². The molecule has 0 aromatic rings. The lowest BCUT2D eigenvalue weighted by atomic mass is 10.1. The summed E-state index contributed by atoms with van der Waals surface area (Å²) in [5.41, 5.74) is -0.159. The van der Waals surface area contributed by atoms with Crippen molar-refractivity contribution in [2.45, 2.75) is 58.1 Å². The minimum absolute atomic E-state index is 0.448. The van der Waals surface area contributed by atoms with Crippen molar-refractivity contribution in [3.05, 3.63) is 0 Å². The Morgan fingerprint density at radius 3 is 2.44 bits per heavy atom. The number of nitrogens with one attached hydrogen (secondary N) is 1. The van der Waals surface area contributed by atoms with Crippen LogP contribution in [-0.2, 0) is 9.53 Å². The summed E-state index contributed by atoms with van der Waals surface area (Å²) in [6.07, 6.45) is 3.43. The third kappa shape index (κ3) is 3.15. The molecule has 0 bridgehead atoms. The van der Waals surface area contributed by atoms with Crippen LogP contribution in [0.15, 0.2) is 0 Å². The number of carbonyl (C=O) groups excluding carboxylic acids is 1. The van der Waals surface area contributed by atoms with E-state index in [0.717, 1.165) is 6.42 Å². The van der Waals surface area contributed by atoms with Gasteiger partial charge in [-0.05, 0) is 57.8 Å². The number of amides is 1. The van der Waals surface area contributed by atoms with Gasteiger partial charge < -0.3 is 15.2 Å². The van der Waals surface area contributed by atoms with Gasteiger partial charge in [-0.1, -0.05) is 0 Å². The maximum absolute atomic E-state index is 11.6. The van der Waals surface area contributed by atoms with E-state index in [9.17, 15) is 9.59 Å². The van der Waals surface area contributed by atoms with Crippen molar-refractivity contribution in [1.29, 1.82) is 0 Å². The van der Waals surface area contributed by atoms with Crippen LogP contribution < -0.4 is 5.32 Å². The van der Waals surface area contributed by atoms with Crippen LogP contribution in [0.4, 0.5) is 4.79 Å². The molecule has 2 atom stereocenters. The van der Waals surface area contributed by atoms with Crippen LogP contribution in [0.1, 0.15) is 46.5 Å². The number of hydrogen-bond acceptors (Lipinski definition) is 3. The molecule has 1 amide bonds. The molecular weight excluding hydrogens is 234 g/mol. The third-order valence-corrected chi connectivity index (χ3v) is 3.76. The second kappa shape index (κ2) is 4.14. The molecule has 0 aromatic heterocycles. The van der Waals surface area contributed by atoms with Gasteiger partial charge in [0.05, 0.1) is 0 Å². The molecule has 2 aliphatic carbocycles. The lowest BCUT2D eigenvalue weighted by molar-refractivity contribution is -0.139. The van der Waals surface area contributed by atoms with Gasteiger partial charge in [-0.3, -0.25) is 0 Å². The van der Waals surface area contributed by atoms with E-state index in [1.807, 2.05) is 0 Å². The highest BCUT2D eigenvalue weighted by Crippen LogP contribution is 2.71. The van der Waals surface area contributed by atoms with Gasteiger partial charge in [0.2, 0.25) is 0 Å². The van der Waals surface area contributed by atoms with Crippen LogP contribution in [-0.4, -0.2) is 28.8 Å². The second-order valence-electron chi connectivity index (χ2n) is 6.54. The molecule has 0 aliphatic heterocycles. The second-order valence-corrected chi connectivity index (χ2v) is 6.54. The van der Waals surface area contributed by atoms with Gasteiger partial charge in [-0.15, -0.1) is 0 Å². The van der Waals surface area contributed by atoms with E-state index in [-0.39, 0.29) is 0 Å². The summed E-state index contributed by atoms with van der Waals surface area (Å²) in [5, 5.41) is 11.6. The first-order valence-corrected chi connectivity index (χ1v) is 6.44. The monoisotopic (exact) mass is 255 g/mol. The lowest BCUT2D eigenvalue weighted by Gasteiger charge is -2.22. The van der Waals surface area contributed by atoms with E-state index in [1.165, 1.54) is 12.8 Å². The van der Waals surface area contributed by atoms with E-state index in [0.29, 0.717) is 17.8 Å². The zero-order chi connectivity index (χ0) is 13.6. The summed E-state index contributed by atoms with van der Waals surface area (Å²) < 4.78 is 5.07. The molecular formula is C13H21NO4. The standard InChI is InChI=1S/C13H21NO4/c1-12(2,3)18-11(17)14-9(10(15)16)6-8-7-13(8)4-5-13/h8-9H,4-7H2,1-3H3,(H,14,17)(H,15,16). The molecule has 0 aromatic carbocycles. The number of aliphatic carboxylic acids is 1. The number of carbonyl (C=O) groups is 2. The average Bonchev–Trinajstić information content (AvgIpc) is 3.05. The number of hydrogen-bond donors (Lipinski definition) is 2. The predicted octanol–water partition coefficient (Wildman–Crippen LogP) is 2.15. The van der Waals surface area contributed by atoms with Crippen LogP contribution in [0.5, 0.6) is 0 Å². The van der Waals surface area contributed by atoms with Crippen molar-refractivity contribution < 1.29 is 19.4 Å². The summed E-state index contributed by atoms with van der Waals surface area (Å²) in [4.78, 5) is 22.7. The van der Waals surface area contributed by atoms with Gasteiger partial charge in [-0.2, -0.15) is 0 Å². The highest BCUT2D eigenvalue weighted by Gasteiger charge is 2.62. The number of alkyl carbamates (subject to hydrolysis) is 1. The van der Waals surface area contributed by atoms with Crippen molar-refractivity contribution in [3.8, 4) is 0 Å². The maximum atomic E-state index is 11.6. The van der Waals surface area contributed by atoms with Crippen LogP contribution in [0.2, 0.25) is 0 Å². The van der Waals surface area contributed by atoms with E-state index < -0.39 is 23.7 Å².